The molecule has 26 heavy (non-hydrogen) atoms. The standard InChI is InChI=1S/C17H23N5O4/c1-19-14(13(10-18)16(24)20(2)17(19)25)22-5-3-4-12(11-22)15(23)21-6-8-26-9-7-21/h12H,3-9,11H2,1-2H3/t12-/m0/s1. The topological polar surface area (TPSA) is 101 Å². The summed E-state index contributed by atoms with van der Waals surface area (Å²) in [6, 6.07) is 1.93. The molecule has 9 nitrogen and oxygen atoms in total. The predicted octanol–water partition coefficient (Wildman–Crippen LogP) is -0.969. The van der Waals surface area contributed by atoms with Gasteiger partial charge in [0.2, 0.25) is 5.91 Å². The summed E-state index contributed by atoms with van der Waals surface area (Å²) in [4.78, 5) is 41.0. The number of carbonyl (C=O) groups is 1. The molecule has 0 unspecified atom stereocenters. The second-order valence-corrected chi connectivity index (χ2v) is 6.74. The van der Waals surface area contributed by atoms with Crippen LogP contribution < -0.4 is 16.1 Å². The van der Waals surface area contributed by atoms with Gasteiger partial charge in [-0.3, -0.25) is 18.7 Å². The highest BCUT2D eigenvalue weighted by Gasteiger charge is 2.32. The molecule has 2 saturated heterocycles. The smallest absolute Gasteiger partial charge is 0.332 e. The molecule has 2 aliphatic rings. The van der Waals surface area contributed by atoms with Crippen molar-refractivity contribution in [2.75, 3.05) is 44.3 Å². The molecule has 2 aliphatic heterocycles. The second kappa shape index (κ2) is 7.33. The van der Waals surface area contributed by atoms with Gasteiger partial charge in [0.1, 0.15) is 11.9 Å². The van der Waals surface area contributed by atoms with E-state index in [0.717, 1.165) is 17.4 Å². The molecule has 2 fully saturated rings. The molecule has 3 heterocycles. The molecule has 0 spiro atoms. The lowest BCUT2D eigenvalue weighted by Gasteiger charge is -2.37. The first-order chi connectivity index (χ1) is 12.5. The van der Waals surface area contributed by atoms with Crippen LogP contribution in [-0.2, 0) is 23.6 Å². The van der Waals surface area contributed by atoms with Crippen LogP contribution in [0.1, 0.15) is 18.4 Å². The number of hydrogen-bond donors (Lipinski definition) is 0. The molecule has 0 aliphatic carbocycles. The summed E-state index contributed by atoms with van der Waals surface area (Å²) in [6.07, 6.45) is 1.52. The number of morpholine rings is 1. The maximum Gasteiger partial charge on any atom is 0.332 e. The van der Waals surface area contributed by atoms with Gasteiger partial charge in [-0.25, -0.2) is 4.79 Å². The Balaban J connectivity index is 1.91. The predicted molar refractivity (Wildman–Crippen MR) is 94.0 cm³/mol. The van der Waals surface area contributed by atoms with Gasteiger partial charge in [0.15, 0.2) is 5.56 Å². The molecule has 140 valence electrons. The molecule has 0 aromatic carbocycles. The summed E-state index contributed by atoms with van der Waals surface area (Å²) >= 11 is 0. The van der Waals surface area contributed by atoms with Crippen molar-refractivity contribution in [3.8, 4) is 6.07 Å². The molecule has 0 bridgehead atoms. The minimum atomic E-state index is -0.604. The van der Waals surface area contributed by atoms with E-state index in [2.05, 4.69) is 0 Å². The lowest BCUT2D eigenvalue weighted by Crippen LogP contribution is -2.50. The lowest BCUT2D eigenvalue weighted by molar-refractivity contribution is -0.139. The van der Waals surface area contributed by atoms with Gasteiger partial charge in [-0.2, -0.15) is 5.26 Å². The van der Waals surface area contributed by atoms with Gasteiger partial charge in [0.25, 0.3) is 5.56 Å². The number of rotatable bonds is 2. The third kappa shape index (κ3) is 3.12. The Bertz CT molecular complexity index is 860. The third-order valence-corrected chi connectivity index (χ3v) is 5.14. The molecular weight excluding hydrogens is 338 g/mol. The van der Waals surface area contributed by atoms with Crippen molar-refractivity contribution in [1.82, 2.24) is 14.0 Å². The Morgan fingerprint density at radius 3 is 2.50 bits per heavy atom. The number of nitrogens with zero attached hydrogens (tertiary/aromatic N) is 5. The van der Waals surface area contributed by atoms with Crippen LogP contribution in [0, 0.1) is 17.2 Å². The zero-order valence-corrected chi connectivity index (χ0v) is 15.1. The maximum absolute atomic E-state index is 12.8. The summed E-state index contributed by atoms with van der Waals surface area (Å²) in [7, 11) is 2.90. The van der Waals surface area contributed by atoms with Crippen molar-refractivity contribution >= 4 is 11.7 Å². The second-order valence-electron chi connectivity index (χ2n) is 6.74. The van der Waals surface area contributed by atoms with E-state index in [1.54, 1.807) is 7.05 Å². The number of hydrogen-bond acceptors (Lipinski definition) is 6. The van der Waals surface area contributed by atoms with Crippen molar-refractivity contribution in [3.63, 3.8) is 0 Å². The van der Waals surface area contributed by atoms with Crippen LogP contribution in [0.25, 0.3) is 0 Å². The van der Waals surface area contributed by atoms with Gasteiger partial charge in [-0.15, -0.1) is 0 Å². The minimum absolute atomic E-state index is 0.0610. The monoisotopic (exact) mass is 361 g/mol. The van der Waals surface area contributed by atoms with E-state index in [9.17, 15) is 19.6 Å². The van der Waals surface area contributed by atoms with Crippen LogP contribution >= 0.6 is 0 Å². The van der Waals surface area contributed by atoms with Gasteiger partial charge < -0.3 is 14.5 Å². The summed E-state index contributed by atoms with van der Waals surface area (Å²) in [5.41, 5.74) is -1.15. The van der Waals surface area contributed by atoms with Crippen molar-refractivity contribution in [3.05, 3.63) is 26.4 Å². The van der Waals surface area contributed by atoms with E-state index in [1.807, 2.05) is 15.9 Å². The Morgan fingerprint density at radius 1 is 1.15 bits per heavy atom. The van der Waals surface area contributed by atoms with Gasteiger partial charge in [0.05, 0.1) is 19.1 Å². The van der Waals surface area contributed by atoms with Gasteiger partial charge in [0, 0.05) is 40.3 Å². The van der Waals surface area contributed by atoms with Gasteiger partial charge in [-0.05, 0) is 12.8 Å². The van der Waals surface area contributed by atoms with E-state index in [1.165, 1.54) is 11.6 Å². The normalized spacial score (nSPS) is 20.7. The maximum atomic E-state index is 12.8. The van der Waals surface area contributed by atoms with Crippen molar-refractivity contribution in [2.45, 2.75) is 12.8 Å². The van der Waals surface area contributed by atoms with Crippen LogP contribution in [0.3, 0.4) is 0 Å². The van der Waals surface area contributed by atoms with Crippen LogP contribution in [-0.4, -0.2) is 59.3 Å². The Hall–Kier alpha value is -2.60. The summed E-state index contributed by atoms with van der Waals surface area (Å²) in [5.74, 6) is 0.165. The van der Waals surface area contributed by atoms with Crippen LogP contribution in [0.4, 0.5) is 5.82 Å². The van der Waals surface area contributed by atoms with Crippen molar-refractivity contribution in [1.29, 1.82) is 5.26 Å². The van der Waals surface area contributed by atoms with Gasteiger partial charge >= 0.3 is 5.69 Å². The SMILES string of the molecule is Cn1c(N2CCC[C@H](C(=O)N3CCOCC3)C2)c(C#N)c(=O)n(C)c1=O. The molecule has 1 aromatic rings. The number of amides is 1. The van der Waals surface area contributed by atoms with Gasteiger partial charge in [-0.1, -0.05) is 0 Å². The van der Waals surface area contributed by atoms with E-state index in [-0.39, 0.29) is 17.4 Å². The van der Waals surface area contributed by atoms with E-state index in [0.29, 0.717) is 45.2 Å². The van der Waals surface area contributed by atoms with Crippen LogP contribution in [0.2, 0.25) is 0 Å². The van der Waals surface area contributed by atoms with Crippen LogP contribution in [0.5, 0.6) is 0 Å². The first-order valence-electron chi connectivity index (χ1n) is 8.77. The zero-order chi connectivity index (χ0) is 18.8. The number of piperidine rings is 1. The molecule has 0 saturated carbocycles. The number of anilines is 1. The Kier molecular flexibility index (Phi) is 5.13. The summed E-state index contributed by atoms with van der Waals surface area (Å²) < 4.78 is 7.55. The third-order valence-electron chi connectivity index (χ3n) is 5.14. The summed E-state index contributed by atoms with van der Waals surface area (Å²) in [5, 5.41) is 9.45. The average Bonchev–Trinajstić information content (AvgIpc) is 2.69. The van der Waals surface area contributed by atoms with Crippen LogP contribution in [0.15, 0.2) is 9.59 Å². The molecule has 1 amide bonds. The largest absolute Gasteiger partial charge is 0.378 e. The van der Waals surface area contributed by atoms with E-state index in [4.69, 9.17) is 4.74 Å². The fourth-order valence-electron chi connectivity index (χ4n) is 3.71. The molecule has 0 radical (unpaired) electrons. The van der Waals surface area contributed by atoms with Crippen molar-refractivity contribution in [2.24, 2.45) is 20.0 Å². The lowest BCUT2D eigenvalue weighted by atomic mass is 9.96. The molecule has 3 rings (SSSR count). The highest BCUT2D eigenvalue weighted by atomic mass is 16.5. The summed E-state index contributed by atoms with van der Waals surface area (Å²) in [6.45, 7) is 3.26. The zero-order valence-electron chi connectivity index (χ0n) is 15.1. The molecule has 9 heteroatoms. The van der Waals surface area contributed by atoms with E-state index >= 15 is 0 Å². The molecule has 0 N–H and O–H groups in total. The quantitative estimate of drug-likeness (QED) is 0.672. The fourth-order valence-corrected chi connectivity index (χ4v) is 3.71. The Labute approximate surface area is 151 Å². The molecule has 1 aromatic heterocycles. The number of ether oxygens (including phenoxy) is 1. The minimum Gasteiger partial charge on any atom is -0.378 e. The highest BCUT2D eigenvalue weighted by molar-refractivity contribution is 5.80. The number of nitriles is 1. The molecular formula is C17H23N5O4. The van der Waals surface area contributed by atoms with E-state index < -0.39 is 11.2 Å². The first-order valence-corrected chi connectivity index (χ1v) is 8.77. The first kappa shape index (κ1) is 18.2. The fraction of sp³-hybridized carbons (Fsp3) is 0.647. The number of carbonyl (C=O) groups excluding carboxylic acids is 1. The Morgan fingerprint density at radius 2 is 1.85 bits per heavy atom. The highest BCUT2D eigenvalue weighted by Crippen LogP contribution is 2.25. The van der Waals surface area contributed by atoms with Crippen molar-refractivity contribution < 1.29 is 9.53 Å². The molecule has 1 atom stereocenters. The number of aromatic nitrogens is 2. The average molecular weight is 361 g/mol.